The van der Waals surface area contributed by atoms with E-state index in [1.807, 2.05) is 16.8 Å². The van der Waals surface area contributed by atoms with Gasteiger partial charge in [0.05, 0.1) is 16.9 Å². The maximum absolute atomic E-state index is 4.80. The summed E-state index contributed by atoms with van der Waals surface area (Å²) in [6, 6.07) is 12.4. The maximum atomic E-state index is 4.80. The Morgan fingerprint density at radius 2 is 2.10 bits per heavy atom. The lowest BCUT2D eigenvalue weighted by atomic mass is 10.1. The molecule has 4 nitrogen and oxygen atoms in total. The quantitative estimate of drug-likeness (QED) is 0.783. The van der Waals surface area contributed by atoms with Crippen LogP contribution in [0.1, 0.15) is 23.9 Å². The number of nitrogens with zero attached hydrogens (tertiary/aromatic N) is 3. The minimum Gasteiger partial charge on any atom is -0.312 e. The third kappa shape index (κ3) is 2.03. The summed E-state index contributed by atoms with van der Waals surface area (Å²) in [4.78, 5) is 4.78. The average Bonchev–Trinajstić information content (AvgIpc) is 2.93. The van der Waals surface area contributed by atoms with Gasteiger partial charge in [0, 0.05) is 30.5 Å². The Balaban J connectivity index is 1.90. The van der Waals surface area contributed by atoms with Crippen LogP contribution >= 0.6 is 0 Å². The number of benzene rings is 1. The molecule has 0 saturated carbocycles. The van der Waals surface area contributed by atoms with Crippen molar-refractivity contribution in [1.29, 1.82) is 0 Å². The lowest BCUT2D eigenvalue weighted by Crippen LogP contribution is -2.25. The van der Waals surface area contributed by atoms with E-state index in [0.29, 0.717) is 0 Å². The number of hydrogen-bond acceptors (Lipinski definition) is 3. The summed E-state index contributed by atoms with van der Waals surface area (Å²) in [6.45, 7) is 4.09. The van der Waals surface area contributed by atoms with Crippen LogP contribution in [0.15, 0.2) is 36.4 Å². The molecule has 21 heavy (non-hydrogen) atoms. The first kappa shape index (κ1) is 12.5. The Kier molecular flexibility index (Phi) is 2.97. The van der Waals surface area contributed by atoms with Gasteiger partial charge in [-0.2, -0.15) is 5.10 Å². The summed E-state index contributed by atoms with van der Waals surface area (Å²) in [5.74, 6) is 0.923. The summed E-state index contributed by atoms with van der Waals surface area (Å²) in [5.41, 5.74) is 4.88. The van der Waals surface area contributed by atoms with Gasteiger partial charge in [-0.05, 0) is 24.6 Å². The zero-order chi connectivity index (χ0) is 14.2. The Hall–Kier alpha value is -2.20. The van der Waals surface area contributed by atoms with Crippen molar-refractivity contribution >= 4 is 10.9 Å². The molecule has 1 aromatic carbocycles. The number of pyridine rings is 1. The molecule has 2 aromatic heterocycles. The molecule has 0 unspecified atom stereocenters. The minimum absolute atomic E-state index is 0.923. The summed E-state index contributed by atoms with van der Waals surface area (Å²) in [7, 11) is 0. The molecular weight excluding hydrogens is 260 g/mol. The molecule has 3 heterocycles. The number of nitrogens with one attached hydrogen (secondary N) is 1. The van der Waals surface area contributed by atoms with Crippen molar-refractivity contribution < 1.29 is 0 Å². The monoisotopic (exact) mass is 278 g/mol. The van der Waals surface area contributed by atoms with Crippen LogP contribution in [-0.4, -0.2) is 21.3 Å². The fourth-order valence-corrected chi connectivity index (χ4v) is 3.06. The van der Waals surface area contributed by atoms with E-state index in [0.717, 1.165) is 37.3 Å². The summed E-state index contributed by atoms with van der Waals surface area (Å²) in [5, 5.41) is 9.40. The van der Waals surface area contributed by atoms with E-state index < -0.39 is 0 Å². The third-order valence-corrected chi connectivity index (χ3v) is 4.15. The standard InChI is InChI=1S/C17H18N4/c1-2-14-13-11-18-10-9-16(13)21(20-14)17-8-7-12-5-3-4-6-15(12)19-17/h3-8,18H,2,9-11H2,1H3. The number of aromatic nitrogens is 3. The van der Waals surface area contributed by atoms with Gasteiger partial charge < -0.3 is 5.32 Å². The predicted octanol–water partition coefficient (Wildman–Crippen LogP) is 2.63. The average molecular weight is 278 g/mol. The van der Waals surface area contributed by atoms with Crippen LogP contribution in [0.2, 0.25) is 0 Å². The molecule has 106 valence electrons. The molecule has 1 aliphatic rings. The Morgan fingerprint density at radius 1 is 1.19 bits per heavy atom. The first-order valence-corrected chi connectivity index (χ1v) is 7.53. The van der Waals surface area contributed by atoms with Crippen LogP contribution in [0, 0.1) is 0 Å². The first-order chi connectivity index (χ1) is 10.4. The second kappa shape index (κ2) is 4.97. The van der Waals surface area contributed by atoms with E-state index in [1.54, 1.807) is 0 Å². The van der Waals surface area contributed by atoms with Gasteiger partial charge in [0.25, 0.3) is 0 Å². The van der Waals surface area contributed by atoms with Gasteiger partial charge in [-0.3, -0.25) is 0 Å². The molecule has 0 radical (unpaired) electrons. The lowest BCUT2D eigenvalue weighted by Gasteiger charge is -2.15. The largest absolute Gasteiger partial charge is 0.312 e. The van der Waals surface area contributed by atoms with Crippen LogP contribution in [0.3, 0.4) is 0 Å². The highest BCUT2D eigenvalue weighted by molar-refractivity contribution is 5.79. The van der Waals surface area contributed by atoms with E-state index in [9.17, 15) is 0 Å². The van der Waals surface area contributed by atoms with Crippen LogP contribution in [-0.2, 0) is 19.4 Å². The normalized spacial score (nSPS) is 14.3. The third-order valence-electron chi connectivity index (χ3n) is 4.15. The van der Waals surface area contributed by atoms with Crippen molar-refractivity contribution in [3.05, 3.63) is 53.3 Å². The van der Waals surface area contributed by atoms with Gasteiger partial charge in [0.2, 0.25) is 0 Å². The number of rotatable bonds is 2. The van der Waals surface area contributed by atoms with Crippen LogP contribution in [0.5, 0.6) is 0 Å². The maximum Gasteiger partial charge on any atom is 0.154 e. The Morgan fingerprint density at radius 3 is 3.00 bits per heavy atom. The van der Waals surface area contributed by atoms with E-state index in [-0.39, 0.29) is 0 Å². The zero-order valence-corrected chi connectivity index (χ0v) is 12.1. The predicted molar refractivity (Wildman–Crippen MR) is 83.7 cm³/mol. The van der Waals surface area contributed by atoms with E-state index >= 15 is 0 Å². The molecule has 0 bridgehead atoms. The van der Waals surface area contributed by atoms with Crippen molar-refractivity contribution in [1.82, 2.24) is 20.1 Å². The molecule has 0 saturated heterocycles. The van der Waals surface area contributed by atoms with Crippen molar-refractivity contribution in [2.75, 3.05) is 6.54 Å². The van der Waals surface area contributed by atoms with Crippen LogP contribution in [0.25, 0.3) is 16.7 Å². The highest BCUT2D eigenvalue weighted by Crippen LogP contribution is 2.23. The van der Waals surface area contributed by atoms with E-state index in [2.05, 4.69) is 36.5 Å². The van der Waals surface area contributed by atoms with Crippen molar-refractivity contribution in [3.8, 4) is 5.82 Å². The molecular formula is C17H18N4. The fourth-order valence-electron chi connectivity index (χ4n) is 3.06. The number of aryl methyl sites for hydroxylation is 1. The van der Waals surface area contributed by atoms with E-state index in [1.165, 1.54) is 22.3 Å². The minimum atomic E-state index is 0.923. The summed E-state index contributed by atoms with van der Waals surface area (Å²) < 4.78 is 2.04. The molecule has 3 aromatic rings. The first-order valence-electron chi connectivity index (χ1n) is 7.53. The highest BCUT2D eigenvalue weighted by Gasteiger charge is 2.20. The van der Waals surface area contributed by atoms with Gasteiger partial charge in [0.1, 0.15) is 0 Å². The topological polar surface area (TPSA) is 42.7 Å². The zero-order valence-electron chi connectivity index (χ0n) is 12.1. The van der Waals surface area contributed by atoms with Gasteiger partial charge >= 0.3 is 0 Å². The molecule has 1 aliphatic heterocycles. The Labute approximate surface area is 123 Å². The molecule has 0 spiro atoms. The van der Waals surface area contributed by atoms with Gasteiger partial charge in [-0.25, -0.2) is 9.67 Å². The van der Waals surface area contributed by atoms with Crippen molar-refractivity contribution in [3.63, 3.8) is 0 Å². The van der Waals surface area contributed by atoms with Gasteiger partial charge in [-0.1, -0.05) is 25.1 Å². The second-order valence-corrected chi connectivity index (χ2v) is 5.43. The second-order valence-electron chi connectivity index (χ2n) is 5.43. The summed E-state index contributed by atoms with van der Waals surface area (Å²) in [6.07, 6.45) is 1.97. The number of hydrogen-bond donors (Lipinski definition) is 1. The van der Waals surface area contributed by atoms with Gasteiger partial charge in [0.15, 0.2) is 5.82 Å². The molecule has 4 heteroatoms. The SMILES string of the molecule is CCc1nn(-c2ccc3ccccc3n2)c2c1CNCC2. The molecule has 4 rings (SSSR count). The Bertz CT molecular complexity index is 804. The van der Waals surface area contributed by atoms with Crippen LogP contribution < -0.4 is 5.32 Å². The molecule has 0 amide bonds. The summed E-state index contributed by atoms with van der Waals surface area (Å²) >= 11 is 0. The molecule has 0 atom stereocenters. The number of fused-ring (bicyclic) bond motifs is 2. The smallest absolute Gasteiger partial charge is 0.154 e. The van der Waals surface area contributed by atoms with Crippen molar-refractivity contribution in [2.45, 2.75) is 26.3 Å². The van der Waals surface area contributed by atoms with Crippen molar-refractivity contribution in [2.24, 2.45) is 0 Å². The van der Waals surface area contributed by atoms with Crippen LogP contribution in [0.4, 0.5) is 0 Å². The fraction of sp³-hybridized carbons (Fsp3) is 0.294. The molecule has 0 fully saturated rings. The van der Waals surface area contributed by atoms with Gasteiger partial charge in [-0.15, -0.1) is 0 Å². The van der Waals surface area contributed by atoms with E-state index in [4.69, 9.17) is 10.1 Å². The molecule has 1 N–H and O–H groups in total. The lowest BCUT2D eigenvalue weighted by molar-refractivity contribution is 0.620. The number of para-hydroxylation sites is 1. The molecule has 0 aliphatic carbocycles. The highest BCUT2D eigenvalue weighted by atomic mass is 15.3.